The first-order chi connectivity index (χ1) is 11.6. The van der Waals surface area contributed by atoms with E-state index in [0.29, 0.717) is 10.8 Å². The van der Waals surface area contributed by atoms with Crippen molar-refractivity contribution in [2.75, 3.05) is 0 Å². The normalized spacial score (nSPS) is 10.3. The number of non-ortho nitro benzene ring substituents is 1. The fraction of sp³-hybridized carbons (Fsp3) is 0. The lowest BCUT2D eigenvalue weighted by molar-refractivity contribution is -0.384. The molecule has 0 unspecified atom stereocenters. The molecule has 1 aromatic heterocycles. The quantitative estimate of drug-likeness (QED) is 0.469. The maximum absolute atomic E-state index is 10.8. The zero-order chi connectivity index (χ0) is 17.1. The van der Waals surface area contributed by atoms with Crippen molar-refractivity contribution in [1.82, 2.24) is 10.2 Å². The van der Waals surface area contributed by atoms with Crippen LogP contribution in [-0.4, -0.2) is 15.1 Å². The fourth-order valence-corrected chi connectivity index (χ4v) is 2.87. The number of nitriles is 1. The minimum atomic E-state index is -0.548. The van der Waals surface area contributed by atoms with Gasteiger partial charge in [-0.15, -0.1) is 10.2 Å². The highest BCUT2D eigenvalue weighted by molar-refractivity contribution is 9.10. The number of nitrogens with zero attached hydrogens (tertiary/aromatic N) is 4. The van der Waals surface area contributed by atoms with E-state index < -0.39 is 4.92 Å². The van der Waals surface area contributed by atoms with E-state index in [4.69, 9.17) is 9.68 Å². The lowest BCUT2D eigenvalue weighted by Crippen LogP contribution is -1.90. The molecule has 0 fully saturated rings. The number of rotatable bonds is 4. The van der Waals surface area contributed by atoms with E-state index in [2.05, 4.69) is 26.1 Å². The van der Waals surface area contributed by atoms with Gasteiger partial charge in [-0.2, -0.15) is 5.26 Å². The predicted molar refractivity (Wildman–Crippen MR) is 89.4 cm³/mol. The molecule has 7 nitrogen and oxygen atoms in total. The summed E-state index contributed by atoms with van der Waals surface area (Å²) in [5, 5.41) is 28.1. The summed E-state index contributed by atoms with van der Waals surface area (Å²) < 4.78 is 6.51. The van der Waals surface area contributed by atoms with E-state index >= 15 is 0 Å². The standard InChI is InChI=1S/C15H7BrN4O3S/c16-11-3-1-9(2-4-11)14-18-19-15(23-14)24-13-6-5-12(20(21)22)7-10(13)8-17/h1-7H. The molecule has 0 atom stereocenters. The Morgan fingerprint density at radius 3 is 2.62 bits per heavy atom. The Bertz CT molecular complexity index is 950. The third kappa shape index (κ3) is 3.45. The van der Waals surface area contributed by atoms with Gasteiger partial charge in [-0.1, -0.05) is 15.9 Å². The summed E-state index contributed by atoms with van der Waals surface area (Å²) in [6, 6.07) is 13.4. The Labute approximate surface area is 148 Å². The van der Waals surface area contributed by atoms with Crippen LogP contribution in [0.15, 0.2) is 61.5 Å². The number of nitro groups is 1. The summed E-state index contributed by atoms with van der Waals surface area (Å²) in [6.07, 6.45) is 0. The van der Waals surface area contributed by atoms with Crippen molar-refractivity contribution in [2.24, 2.45) is 0 Å². The number of halogens is 1. The van der Waals surface area contributed by atoms with Crippen LogP contribution in [-0.2, 0) is 0 Å². The van der Waals surface area contributed by atoms with Crippen LogP contribution in [0.25, 0.3) is 11.5 Å². The molecule has 3 aromatic rings. The Balaban J connectivity index is 1.86. The second-order valence-corrected chi connectivity index (χ2v) is 6.44. The number of aromatic nitrogens is 2. The summed E-state index contributed by atoms with van der Waals surface area (Å²) in [5.41, 5.74) is 0.802. The zero-order valence-electron chi connectivity index (χ0n) is 11.8. The third-order valence-corrected chi connectivity index (χ3v) is 4.43. The zero-order valence-corrected chi connectivity index (χ0v) is 14.2. The predicted octanol–water partition coefficient (Wildman–Crippen LogP) is 4.43. The molecule has 0 aliphatic rings. The molecule has 0 aliphatic carbocycles. The number of benzene rings is 2. The van der Waals surface area contributed by atoms with E-state index in [9.17, 15) is 10.1 Å². The number of nitro benzene ring substituents is 1. The van der Waals surface area contributed by atoms with Crippen molar-refractivity contribution in [3.63, 3.8) is 0 Å². The van der Waals surface area contributed by atoms with Crippen molar-refractivity contribution in [3.8, 4) is 17.5 Å². The first kappa shape index (κ1) is 16.2. The smallest absolute Gasteiger partial charge is 0.281 e. The second kappa shape index (κ2) is 6.82. The van der Waals surface area contributed by atoms with Gasteiger partial charge in [0.15, 0.2) is 0 Å². The Morgan fingerprint density at radius 2 is 1.96 bits per heavy atom. The van der Waals surface area contributed by atoms with E-state index in [0.717, 1.165) is 21.8 Å². The molecule has 0 saturated heterocycles. The average Bonchev–Trinajstić information content (AvgIpc) is 3.04. The van der Waals surface area contributed by atoms with Crippen LogP contribution < -0.4 is 0 Å². The lowest BCUT2D eigenvalue weighted by Gasteiger charge is -2.00. The number of hydrogen-bond donors (Lipinski definition) is 0. The maximum Gasteiger partial charge on any atom is 0.281 e. The second-order valence-electron chi connectivity index (χ2n) is 4.53. The molecule has 1 heterocycles. The third-order valence-electron chi connectivity index (χ3n) is 2.99. The van der Waals surface area contributed by atoms with Crippen molar-refractivity contribution in [3.05, 3.63) is 62.6 Å². The van der Waals surface area contributed by atoms with Crippen LogP contribution in [0.1, 0.15) is 5.56 Å². The molecule has 118 valence electrons. The summed E-state index contributed by atoms with van der Waals surface area (Å²) in [5.74, 6) is 0.352. The van der Waals surface area contributed by atoms with Crippen LogP contribution in [0, 0.1) is 21.4 Å². The highest BCUT2D eigenvalue weighted by Crippen LogP contribution is 2.33. The number of hydrogen-bond acceptors (Lipinski definition) is 7. The van der Waals surface area contributed by atoms with Crippen molar-refractivity contribution < 1.29 is 9.34 Å². The molecule has 0 aliphatic heterocycles. The molecular formula is C15H7BrN4O3S. The Hall–Kier alpha value is -2.70. The van der Waals surface area contributed by atoms with Gasteiger partial charge in [0, 0.05) is 27.1 Å². The van der Waals surface area contributed by atoms with Gasteiger partial charge >= 0.3 is 0 Å². The van der Waals surface area contributed by atoms with Gasteiger partial charge in [0.1, 0.15) is 6.07 Å². The minimum Gasteiger partial charge on any atom is -0.411 e. The van der Waals surface area contributed by atoms with Crippen LogP contribution in [0.4, 0.5) is 5.69 Å². The molecule has 0 bridgehead atoms. The molecule has 0 radical (unpaired) electrons. The van der Waals surface area contributed by atoms with Gasteiger partial charge in [0.2, 0.25) is 5.89 Å². The van der Waals surface area contributed by atoms with E-state index in [1.54, 1.807) is 0 Å². The van der Waals surface area contributed by atoms with Crippen LogP contribution in [0.2, 0.25) is 0 Å². The Morgan fingerprint density at radius 1 is 1.21 bits per heavy atom. The topological polar surface area (TPSA) is 106 Å². The summed E-state index contributed by atoms with van der Waals surface area (Å²) >= 11 is 4.43. The van der Waals surface area contributed by atoms with Gasteiger partial charge in [0.05, 0.1) is 10.5 Å². The van der Waals surface area contributed by atoms with Crippen LogP contribution >= 0.6 is 27.7 Å². The summed E-state index contributed by atoms with van der Waals surface area (Å²) in [6.45, 7) is 0. The molecule has 0 amide bonds. The largest absolute Gasteiger partial charge is 0.411 e. The summed E-state index contributed by atoms with van der Waals surface area (Å²) in [7, 11) is 0. The van der Waals surface area contributed by atoms with Crippen LogP contribution in [0.3, 0.4) is 0 Å². The SMILES string of the molecule is N#Cc1cc([N+](=O)[O-])ccc1Sc1nnc(-c2ccc(Br)cc2)o1. The van der Waals surface area contributed by atoms with E-state index in [-0.39, 0.29) is 16.5 Å². The lowest BCUT2D eigenvalue weighted by atomic mass is 10.2. The average molecular weight is 403 g/mol. The van der Waals surface area contributed by atoms with Gasteiger partial charge in [-0.25, -0.2) is 0 Å². The van der Waals surface area contributed by atoms with Crippen molar-refractivity contribution >= 4 is 33.4 Å². The van der Waals surface area contributed by atoms with Gasteiger partial charge in [-0.05, 0) is 42.1 Å². The van der Waals surface area contributed by atoms with E-state index in [1.807, 2.05) is 30.3 Å². The van der Waals surface area contributed by atoms with E-state index in [1.165, 1.54) is 18.2 Å². The monoisotopic (exact) mass is 402 g/mol. The molecule has 3 rings (SSSR count). The fourth-order valence-electron chi connectivity index (χ4n) is 1.86. The molecule has 0 N–H and O–H groups in total. The minimum absolute atomic E-state index is 0.142. The Kier molecular flexibility index (Phi) is 4.59. The first-order valence-electron chi connectivity index (χ1n) is 6.52. The summed E-state index contributed by atoms with van der Waals surface area (Å²) in [4.78, 5) is 10.7. The van der Waals surface area contributed by atoms with Crippen molar-refractivity contribution in [2.45, 2.75) is 10.1 Å². The molecule has 0 saturated carbocycles. The van der Waals surface area contributed by atoms with Gasteiger partial charge < -0.3 is 4.42 Å². The van der Waals surface area contributed by atoms with Gasteiger partial charge in [-0.3, -0.25) is 10.1 Å². The molecule has 9 heteroatoms. The van der Waals surface area contributed by atoms with Gasteiger partial charge in [0.25, 0.3) is 10.9 Å². The maximum atomic E-state index is 10.8. The molecule has 0 spiro atoms. The molecule has 24 heavy (non-hydrogen) atoms. The van der Waals surface area contributed by atoms with Crippen molar-refractivity contribution in [1.29, 1.82) is 5.26 Å². The first-order valence-corrected chi connectivity index (χ1v) is 8.13. The highest BCUT2D eigenvalue weighted by Gasteiger charge is 2.15. The molecular weight excluding hydrogens is 396 g/mol. The molecule has 2 aromatic carbocycles. The van der Waals surface area contributed by atoms with Crippen LogP contribution in [0.5, 0.6) is 0 Å². The highest BCUT2D eigenvalue weighted by atomic mass is 79.9.